The second-order valence-corrected chi connectivity index (χ2v) is 4.30. The van der Waals surface area contributed by atoms with Gasteiger partial charge in [-0.15, -0.1) is 0 Å². The maximum atomic E-state index is 4.38. The van der Waals surface area contributed by atoms with Gasteiger partial charge < -0.3 is 5.32 Å². The molecule has 0 spiro atoms. The monoisotopic (exact) mass is 240 g/mol. The molecule has 0 aliphatic rings. The van der Waals surface area contributed by atoms with E-state index in [4.69, 9.17) is 0 Å². The smallest absolute Gasteiger partial charge is 0.0704 e. The number of nitrogens with zero attached hydrogens (tertiary/aromatic N) is 1. The minimum atomic E-state index is 0.981. The normalized spacial score (nSPS) is 11.4. The van der Waals surface area contributed by atoms with Crippen LogP contribution < -0.4 is 5.32 Å². The molecule has 1 aromatic heterocycles. The quantitative estimate of drug-likeness (QED) is 0.619. The number of benzene rings is 1. The van der Waals surface area contributed by atoms with Crippen LogP contribution in [0.2, 0.25) is 0 Å². The highest BCUT2D eigenvalue weighted by molar-refractivity contribution is 5.81. The number of rotatable bonds is 6. The minimum Gasteiger partial charge on any atom is -0.317 e. The van der Waals surface area contributed by atoms with Crippen molar-refractivity contribution in [3.63, 3.8) is 0 Å². The van der Waals surface area contributed by atoms with Crippen LogP contribution in [0, 0.1) is 0 Å². The molecule has 18 heavy (non-hydrogen) atoms. The first-order valence-electron chi connectivity index (χ1n) is 6.60. The second-order valence-electron chi connectivity index (χ2n) is 4.30. The zero-order valence-electron chi connectivity index (χ0n) is 10.9. The predicted octanol–water partition coefficient (Wildman–Crippen LogP) is 3.33. The Balaban J connectivity index is 1.99. The van der Waals surface area contributed by atoms with Gasteiger partial charge in [-0.05, 0) is 43.6 Å². The van der Waals surface area contributed by atoms with Crippen molar-refractivity contribution >= 4 is 10.9 Å². The third-order valence-corrected chi connectivity index (χ3v) is 2.98. The van der Waals surface area contributed by atoms with E-state index < -0.39 is 0 Å². The highest BCUT2D eigenvalue weighted by Gasteiger charge is 1.98. The molecule has 0 atom stereocenters. The van der Waals surface area contributed by atoms with Gasteiger partial charge in [0.05, 0.1) is 5.52 Å². The number of allylic oxidation sites excluding steroid dienone is 1. The number of hydrogen-bond donors (Lipinski definition) is 1. The zero-order valence-corrected chi connectivity index (χ0v) is 10.9. The van der Waals surface area contributed by atoms with Gasteiger partial charge in [0.1, 0.15) is 0 Å². The van der Waals surface area contributed by atoms with Gasteiger partial charge in [0, 0.05) is 11.6 Å². The summed E-state index contributed by atoms with van der Waals surface area (Å²) in [7, 11) is 0. The molecule has 0 fully saturated rings. The van der Waals surface area contributed by atoms with Gasteiger partial charge in [-0.1, -0.05) is 37.3 Å². The van der Waals surface area contributed by atoms with Gasteiger partial charge in [-0.25, -0.2) is 0 Å². The lowest BCUT2D eigenvalue weighted by Crippen LogP contribution is -2.12. The summed E-state index contributed by atoms with van der Waals surface area (Å²) in [6.45, 7) is 4.24. The standard InChI is InChI=1S/C16H20N2/c1-2-17-12-7-3-4-8-14-11-13-18-16-10-6-5-9-15(14)16/h3-6,9-11,13,17H,2,7-8,12H2,1H3. The summed E-state index contributed by atoms with van der Waals surface area (Å²) in [4.78, 5) is 4.38. The number of pyridine rings is 1. The van der Waals surface area contributed by atoms with Crippen LogP contribution in [0.4, 0.5) is 0 Å². The van der Waals surface area contributed by atoms with E-state index in [0.717, 1.165) is 31.4 Å². The fraction of sp³-hybridized carbons (Fsp3) is 0.312. The largest absolute Gasteiger partial charge is 0.317 e. The number of hydrogen-bond acceptors (Lipinski definition) is 2. The SMILES string of the molecule is CCNCCC=CCc1ccnc2ccccc12. The number of aromatic nitrogens is 1. The Kier molecular flexibility index (Phi) is 4.91. The molecule has 2 aromatic rings. The first kappa shape index (κ1) is 12.8. The average molecular weight is 240 g/mol. The molecule has 0 amide bonds. The topological polar surface area (TPSA) is 24.9 Å². The van der Waals surface area contributed by atoms with Crippen molar-refractivity contribution in [2.24, 2.45) is 0 Å². The Bertz CT molecular complexity index is 512. The third kappa shape index (κ3) is 3.41. The minimum absolute atomic E-state index is 0.981. The molecule has 1 N–H and O–H groups in total. The molecule has 94 valence electrons. The first-order chi connectivity index (χ1) is 8.92. The molecule has 0 unspecified atom stereocenters. The lowest BCUT2D eigenvalue weighted by Gasteiger charge is -2.02. The first-order valence-corrected chi connectivity index (χ1v) is 6.60. The molecule has 0 bridgehead atoms. The van der Waals surface area contributed by atoms with Crippen LogP contribution in [-0.4, -0.2) is 18.1 Å². The van der Waals surface area contributed by atoms with Crippen LogP contribution in [0.25, 0.3) is 10.9 Å². The van der Waals surface area contributed by atoms with Gasteiger partial charge in [0.2, 0.25) is 0 Å². The molecule has 2 rings (SSSR count). The van der Waals surface area contributed by atoms with E-state index in [1.54, 1.807) is 0 Å². The summed E-state index contributed by atoms with van der Waals surface area (Å²) in [5, 5.41) is 4.58. The Morgan fingerprint density at radius 3 is 2.94 bits per heavy atom. The molecule has 0 radical (unpaired) electrons. The van der Waals surface area contributed by atoms with E-state index in [1.165, 1.54) is 10.9 Å². The van der Waals surface area contributed by atoms with Crippen molar-refractivity contribution in [2.45, 2.75) is 19.8 Å². The summed E-state index contributed by atoms with van der Waals surface area (Å²) >= 11 is 0. The molecule has 0 saturated carbocycles. The fourth-order valence-electron chi connectivity index (χ4n) is 2.02. The molecular weight excluding hydrogens is 220 g/mol. The van der Waals surface area contributed by atoms with Gasteiger partial charge in [0.15, 0.2) is 0 Å². The fourth-order valence-corrected chi connectivity index (χ4v) is 2.02. The molecule has 0 saturated heterocycles. The summed E-state index contributed by atoms with van der Waals surface area (Å²) in [6, 6.07) is 10.4. The van der Waals surface area contributed by atoms with E-state index in [9.17, 15) is 0 Å². The lowest BCUT2D eigenvalue weighted by molar-refractivity contribution is 0.726. The van der Waals surface area contributed by atoms with E-state index in [1.807, 2.05) is 12.3 Å². The van der Waals surface area contributed by atoms with E-state index in [-0.39, 0.29) is 0 Å². The molecule has 2 nitrogen and oxygen atoms in total. The number of para-hydroxylation sites is 1. The number of fused-ring (bicyclic) bond motifs is 1. The van der Waals surface area contributed by atoms with Crippen LogP contribution in [0.15, 0.2) is 48.7 Å². The molecule has 0 aliphatic heterocycles. The lowest BCUT2D eigenvalue weighted by atomic mass is 10.1. The summed E-state index contributed by atoms with van der Waals surface area (Å²) < 4.78 is 0. The van der Waals surface area contributed by atoms with Crippen molar-refractivity contribution in [3.8, 4) is 0 Å². The van der Waals surface area contributed by atoms with Crippen LogP contribution in [0.1, 0.15) is 18.9 Å². The third-order valence-electron chi connectivity index (χ3n) is 2.98. The molecule has 1 heterocycles. The Labute approximate surface area is 109 Å². The molecule has 2 heteroatoms. The maximum absolute atomic E-state index is 4.38. The maximum Gasteiger partial charge on any atom is 0.0704 e. The summed E-state index contributed by atoms with van der Waals surface area (Å²) in [5.74, 6) is 0. The Morgan fingerprint density at radius 2 is 2.06 bits per heavy atom. The van der Waals surface area contributed by atoms with Crippen molar-refractivity contribution in [1.82, 2.24) is 10.3 Å². The van der Waals surface area contributed by atoms with Crippen molar-refractivity contribution < 1.29 is 0 Å². The van der Waals surface area contributed by atoms with Gasteiger partial charge in [-0.2, -0.15) is 0 Å². The van der Waals surface area contributed by atoms with Crippen LogP contribution in [0.5, 0.6) is 0 Å². The molecule has 1 aromatic carbocycles. The second kappa shape index (κ2) is 6.92. The van der Waals surface area contributed by atoms with E-state index in [0.29, 0.717) is 0 Å². The molecular formula is C16H20N2. The van der Waals surface area contributed by atoms with Gasteiger partial charge in [-0.3, -0.25) is 4.98 Å². The predicted molar refractivity (Wildman–Crippen MR) is 77.7 cm³/mol. The van der Waals surface area contributed by atoms with Crippen LogP contribution >= 0.6 is 0 Å². The van der Waals surface area contributed by atoms with Gasteiger partial charge >= 0.3 is 0 Å². The van der Waals surface area contributed by atoms with Gasteiger partial charge in [0.25, 0.3) is 0 Å². The zero-order chi connectivity index (χ0) is 12.6. The number of nitrogens with one attached hydrogen (secondary N) is 1. The van der Waals surface area contributed by atoms with Crippen LogP contribution in [-0.2, 0) is 6.42 Å². The molecule has 0 aliphatic carbocycles. The van der Waals surface area contributed by atoms with Crippen molar-refractivity contribution in [2.75, 3.05) is 13.1 Å². The van der Waals surface area contributed by atoms with Crippen LogP contribution in [0.3, 0.4) is 0 Å². The van der Waals surface area contributed by atoms with E-state index >= 15 is 0 Å². The summed E-state index contributed by atoms with van der Waals surface area (Å²) in [5.41, 5.74) is 2.43. The van der Waals surface area contributed by atoms with E-state index in [2.05, 4.69) is 53.6 Å². The highest BCUT2D eigenvalue weighted by Crippen LogP contribution is 2.16. The Morgan fingerprint density at radius 1 is 1.17 bits per heavy atom. The summed E-state index contributed by atoms with van der Waals surface area (Å²) in [6.07, 6.45) is 8.47. The van der Waals surface area contributed by atoms with Crippen molar-refractivity contribution in [3.05, 3.63) is 54.2 Å². The highest BCUT2D eigenvalue weighted by atomic mass is 14.8. The Hall–Kier alpha value is -1.67. The van der Waals surface area contributed by atoms with Crippen molar-refractivity contribution in [1.29, 1.82) is 0 Å². The average Bonchev–Trinajstić information content (AvgIpc) is 2.43.